The molecule has 0 saturated carbocycles. The van der Waals surface area contributed by atoms with Gasteiger partial charge < -0.3 is 10.6 Å². The Morgan fingerprint density at radius 3 is 2.65 bits per heavy atom. The van der Waals surface area contributed by atoms with E-state index in [4.69, 9.17) is 5.73 Å². The molecule has 2 heterocycles. The molecule has 2 fully saturated rings. The van der Waals surface area contributed by atoms with Crippen LogP contribution in [0.1, 0.15) is 58.8 Å². The number of hydrogen-bond donors (Lipinski definition) is 1. The van der Waals surface area contributed by atoms with Crippen molar-refractivity contribution in [1.82, 2.24) is 9.80 Å². The van der Waals surface area contributed by atoms with E-state index in [2.05, 4.69) is 30.7 Å². The normalized spacial score (nSPS) is 37.8. The Bertz CT molecular complexity index is 294. The number of hydrogen-bond acceptors (Lipinski definition) is 3. The zero-order chi connectivity index (χ0) is 14.6. The van der Waals surface area contributed by atoms with E-state index in [9.17, 15) is 0 Å². The average Bonchev–Trinajstić information content (AvgIpc) is 2.69. The smallest absolute Gasteiger partial charge is 0.0358 e. The van der Waals surface area contributed by atoms with Gasteiger partial charge >= 0.3 is 0 Å². The predicted molar refractivity (Wildman–Crippen MR) is 86.9 cm³/mol. The zero-order valence-electron chi connectivity index (χ0n) is 13.9. The van der Waals surface area contributed by atoms with Gasteiger partial charge in [-0.2, -0.15) is 0 Å². The van der Waals surface area contributed by atoms with Gasteiger partial charge in [0.1, 0.15) is 0 Å². The lowest BCUT2D eigenvalue weighted by molar-refractivity contribution is 0.0117. The summed E-state index contributed by atoms with van der Waals surface area (Å²) in [5, 5.41) is 0. The zero-order valence-corrected chi connectivity index (χ0v) is 13.9. The van der Waals surface area contributed by atoms with Crippen LogP contribution in [0, 0.1) is 5.92 Å². The largest absolute Gasteiger partial charge is 0.329 e. The van der Waals surface area contributed by atoms with E-state index in [-0.39, 0.29) is 5.54 Å². The SMILES string of the molecule is CCCC1CCCN(C2(CN)CCN(C)C(C)C2)CC1. The van der Waals surface area contributed by atoms with Crippen molar-refractivity contribution in [2.45, 2.75) is 70.4 Å². The summed E-state index contributed by atoms with van der Waals surface area (Å²) >= 11 is 0. The van der Waals surface area contributed by atoms with Crippen molar-refractivity contribution in [3.05, 3.63) is 0 Å². The topological polar surface area (TPSA) is 32.5 Å². The van der Waals surface area contributed by atoms with E-state index in [1.54, 1.807) is 0 Å². The lowest BCUT2D eigenvalue weighted by Gasteiger charge is -2.50. The highest BCUT2D eigenvalue weighted by Gasteiger charge is 2.41. The van der Waals surface area contributed by atoms with Crippen LogP contribution in [-0.4, -0.2) is 54.6 Å². The molecule has 0 bridgehead atoms. The van der Waals surface area contributed by atoms with Crippen molar-refractivity contribution in [2.24, 2.45) is 11.7 Å². The monoisotopic (exact) mass is 281 g/mol. The second-order valence-electron chi connectivity index (χ2n) is 7.28. The van der Waals surface area contributed by atoms with E-state index in [1.807, 2.05) is 0 Å². The molecule has 2 aliphatic heterocycles. The highest BCUT2D eigenvalue weighted by atomic mass is 15.2. The third kappa shape index (κ3) is 3.55. The molecule has 0 amide bonds. The van der Waals surface area contributed by atoms with E-state index in [0.717, 1.165) is 12.5 Å². The molecule has 0 aromatic rings. The molecule has 2 saturated heterocycles. The first kappa shape index (κ1) is 16.3. The third-order valence-electron chi connectivity index (χ3n) is 5.95. The molecule has 3 heteroatoms. The number of likely N-dealkylation sites (tertiary alicyclic amines) is 2. The van der Waals surface area contributed by atoms with Gasteiger partial charge in [0.2, 0.25) is 0 Å². The van der Waals surface area contributed by atoms with Gasteiger partial charge in [0.05, 0.1) is 0 Å². The molecule has 3 nitrogen and oxygen atoms in total. The summed E-state index contributed by atoms with van der Waals surface area (Å²) in [5.74, 6) is 0.962. The van der Waals surface area contributed by atoms with E-state index in [0.29, 0.717) is 6.04 Å². The molecular weight excluding hydrogens is 246 g/mol. The lowest BCUT2D eigenvalue weighted by atomic mass is 9.82. The Hall–Kier alpha value is -0.120. The van der Waals surface area contributed by atoms with Gasteiger partial charge in [0, 0.05) is 18.1 Å². The molecule has 0 aromatic carbocycles. The Morgan fingerprint density at radius 2 is 2.00 bits per heavy atom. The van der Waals surface area contributed by atoms with Crippen LogP contribution in [0.5, 0.6) is 0 Å². The average molecular weight is 281 g/mol. The molecule has 20 heavy (non-hydrogen) atoms. The minimum Gasteiger partial charge on any atom is -0.329 e. The maximum absolute atomic E-state index is 6.26. The number of nitrogens with zero attached hydrogens (tertiary/aromatic N) is 2. The Morgan fingerprint density at radius 1 is 1.20 bits per heavy atom. The van der Waals surface area contributed by atoms with Gasteiger partial charge in [-0.3, -0.25) is 4.90 Å². The van der Waals surface area contributed by atoms with Gasteiger partial charge in [-0.15, -0.1) is 0 Å². The number of nitrogens with two attached hydrogens (primary N) is 1. The fraction of sp³-hybridized carbons (Fsp3) is 1.00. The molecule has 0 aromatic heterocycles. The van der Waals surface area contributed by atoms with Crippen molar-refractivity contribution in [3.8, 4) is 0 Å². The van der Waals surface area contributed by atoms with E-state index in [1.165, 1.54) is 64.6 Å². The maximum atomic E-state index is 6.26. The van der Waals surface area contributed by atoms with E-state index >= 15 is 0 Å². The van der Waals surface area contributed by atoms with Crippen molar-refractivity contribution >= 4 is 0 Å². The van der Waals surface area contributed by atoms with Crippen LogP contribution in [0.15, 0.2) is 0 Å². The first-order chi connectivity index (χ1) is 9.61. The second kappa shape index (κ2) is 7.24. The number of piperidine rings is 1. The maximum Gasteiger partial charge on any atom is 0.0358 e. The first-order valence-corrected chi connectivity index (χ1v) is 8.76. The highest BCUT2D eigenvalue weighted by Crippen LogP contribution is 2.34. The predicted octanol–water partition coefficient (Wildman–Crippen LogP) is 2.70. The quantitative estimate of drug-likeness (QED) is 0.860. The summed E-state index contributed by atoms with van der Waals surface area (Å²) in [6, 6.07) is 0.669. The fourth-order valence-electron chi connectivity index (χ4n) is 4.35. The van der Waals surface area contributed by atoms with Crippen LogP contribution in [0.4, 0.5) is 0 Å². The summed E-state index contributed by atoms with van der Waals surface area (Å²) in [6.07, 6.45) is 9.45. The molecule has 3 unspecified atom stereocenters. The summed E-state index contributed by atoms with van der Waals surface area (Å²) in [5.41, 5.74) is 6.55. The first-order valence-electron chi connectivity index (χ1n) is 8.76. The Labute approximate surface area is 125 Å². The molecule has 0 spiro atoms. The molecule has 2 N–H and O–H groups in total. The molecule has 0 aliphatic carbocycles. The molecule has 3 atom stereocenters. The third-order valence-corrected chi connectivity index (χ3v) is 5.95. The van der Waals surface area contributed by atoms with Gasteiger partial charge in [-0.1, -0.05) is 19.8 Å². The summed E-state index contributed by atoms with van der Waals surface area (Å²) in [4.78, 5) is 5.26. The summed E-state index contributed by atoms with van der Waals surface area (Å²) in [7, 11) is 2.25. The van der Waals surface area contributed by atoms with Crippen LogP contribution in [-0.2, 0) is 0 Å². The van der Waals surface area contributed by atoms with Crippen molar-refractivity contribution < 1.29 is 0 Å². The van der Waals surface area contributed by atoms with Crippen LogP contribution in [0.2, 0.25) is 0 Å². The molecule has 118 valence electrons. The standard InChI is InChI=1S/C17H35N3/c1-4-6-16-7-5-10-20(11-8-16)17(14-18)9-12-19(3)15(2)13-17/h15-16H,4-14,18H2,1-3H3. The van der Waals surface area contributed by atoms with Gasteiger partial charge in [-0.05, 0) is 71.6 Å². The Kier molecular flexibility index (Phi) is 5.88. The lowest BCUT2D eigenvalue weighted by Crippen LogP contribution is -2.61. The minimum absolute atomic E-state index is 0.285. The highest BCUT2D eigenvalue weighted by molar-refractivity contribution is 4.99. The van der Waals surface area contributed by atoms with Crippen molar-refractivity contribution in [3.63, 3.8) is 0 Å². The molecule has 2 rings (SSSR count). The van der Waals surface area contributed by atoms with Crippen LogP contribution < -0.4 is 5.73 Å². The van der Waals surface area contributed by atoms with Crippen molar-refractivity contribution in [1.29, 1.82) is 0 Å². The van der Waals surface area contributed by atoms with Gasteiger partial charge in [0.25, 0.3) is 0 Å². The fourth-order valence-corrected chi connectivity index (χ4v) is 4.35. The Balaban J connectivity index is 2.00. The van der Waals surface area contributed by atoms with Crippen molar-refractivity contribution in [2.75, 3.05) is 33.2 Å². The molecule has 0 radical (unpaired) electrons. The van der Waals surface area contributed by atoms with Gasteiger partial charge in [-0.25, -0.2) is 0 Å². The van der Waals surface area contributed by atoms with Crippen LogP contribution in [0.25, 0.3) is 0 Å². The summed E-state index contributed by atoms with van der Waals surface area (Å²) < 4.78 is 0. The van der Waals surface area contributed by atoms with Crippen LogP contribution >= 0.6 is 0 Å². The molecular formula is C17H35N3. The minimum atomic E-state index is 0.285. The van der Waals surface area contributed by atoms with Crippen LogP contribution in [0.3, 0.4) is 0 Å². The summed E-state index contributed by atoms with van der Waals surface area (Å²) in [6.45, 7) is 9.27. The van der Waals surface area contributed by atoms with Gasteiger partial charge in [0.15, 0.2) is 0 Å². The number of rotatable bonds is 4. The molecule has 2 aliphatic rings. The van der Waals surface area contributed by atoms with E-state index < -0.39 is 0 Å². The second-order valence-corrected chi connectivity index (χ2v) is 7.28.